The Morgan fingerprint density at radius 3 is 2.45 bits per heavy atom. The van der Waals surface area contributed by atoms with Crippen molar-refractivity contribution in [3.63, 3.8) is 0 Å². The number of hydrogen-bond donors (Lipinski definition) is 3. The number of amidine groups is 1. The molecule has 1 unspecified atom stereocenters. The summed E-state index contributed by atoms with van der Waals surface area (Å²) in [7, 11) is 1.78. The molecule has 0 aliphatic heterocycles. The molecule has 0 aliphatic carbocycles. The van der Waals surface area contributed by atoms with Gasteiger partial charge in [0.2, 0.25) is 0 Å². The Balaban J connectivity index is 4.25. The van der Waals surface area contributed by atoms with Gasteiger partial charge in [-0.3, -0.25) is 5.41 Å². The average Bonchev–Trinajstić information content (AvgIpc) is 1.98. The molecule has 0 spiro atoms. The molecule has 0 saturated carbocycles. The van der Waals surface area contributed by atoms with Gasteiger partial charge in [0.25, 0.3) is 0 Å². The maximum atomic E-state index is 6.78. The highest BCUT2D eigenvalue weighted by molar-refractivity contribution is 5.90. The first-order valence-corrected chi connectivity index (χ1v) is 3.63. The first-order chi connectivity index (χ1) is 5.13. The average molecular weight is 156 g/mol. The summed E-state index contributed by atoms with van der Waals surface area (Å²) in [6, 6.07) is 0.0566. The van der Waals surface area contributed by atoms with Crippen LogP contribution in [0.15, 0.2) is 4.99 Å². The van der Waals surface area contributed by atoms with Crippen LogP contribution in [0.4, 0.5) is 0 Å². The van der Waals surface area contributed by atoms with Gasteiger partial charge in [0.15, 0.2) is 0 Å². The third-order valence-electron chi connectivity index (χ3n) is 1.68. The first kappa shape index (κ1) is 10.1. The second-order valence-corrected chi connectivity index (χ2v) is 2.54. The van der Waals surface area contributed by atoms with Crippen LogP contribution < -0.4 is 11.1 Å². The molecule has 4 nitrogen and oxygen atoms in total. The predicted molar refractivity (Wildman–Crippen MR) is 48.1 cm³/mol. The van der Waals surface area contributed by atoms with Crippen LogP contribution in [0, 0.1) is 11.3 Å². The van der Waals surface area contributed by atoms with Gasteiger partial charge in [0, 0.05) is 19.0 Å². The molecule has 4 heteroatoms. The number of nitrogens with zero attached hydrogens (tertiary/aromatic N) is 1. The van der Waals surface area contributed by atoms with E-state index >= 15 is 0 Å². The van der Waals surface area contributed by atoms with E-state index < -0.39 is 0 Å². The van der Waals surface area contributed by atoms with Crippen molar-refractivity contribution in [1.82, 2.24) is 5.32 Å². The third-order valence-corrected chi connectivity index (χ3v) is 1.68. The summed E-state index contributed by atoms with van der Waals surface area (Å²) >= 11 is 0. The largest absolute Gasteiger partial charge is 0.376 e. The van der Waals surface area contributed by atoms with Crippen LogP contribution in [0.1, 0.15) is 13.8 Å². The molecule has 64 valence electrons. The summed E-state index contributed by atoms with van der Waals surface area (Å²) < 4.78 is 0. The summed E-state index contributed by atoms with van der Waals surface area (Å²) in [5.41, 5.74) is 5.65. The van der Waals surface area contributed by atoms with Crippen LogP contribution in [0.5, 0.6) is 0 Å². The molecule has 0 rings (SSSR count). The Bertz CT molecular complexity index is 151. The van der Waals surface area contributed by atoms with Gasteiger partial charge in [-0.05, 0) is 6.92 Å². The molecule has 2 atom stereocenters. The minimum atomic E-state index is 0.0566. The van der Waals surface area contributed by atoms with Gasteiger partial charge in [0.1, 0.15) is 12.2 Å². The molecular weight excluding hydrogens is 140 g/mol. The zero-order valence-corrected chi connectivity index (χ0v) is 7.26. The summed E-state index contributed by atoms with van der Waals surface area (Å²) in [4.78, 5) is 3.83. The van der Waals surface area contributed by atoms with Crippen molar-refractivity contribution in [2.75, 3.05) is 7.05 Å². The SMILES string of the molecule is CN/C(=N/C=N)C(C)[C@@H](C)N. The number of aliphatic imine (C=N–C) groups is 1. The lowest BCUT2D eigenvalue weighted by atomic mass is 10.0. The normalized spacial score (nSPS) is 17.3. The molecule has 0 aliphatic rings. The van der Waals surface area contributed by atoms with E-state index in [2.05, 4.69) is 10.3 Å². The Morgan fingerprint density at radius 1 is 1.64 bits per heavy atom. The van der Waals surface area contributed by atoms with Gasteiger partial charge in [0.05, 0.1) is 0 Å². The van der Waals surface area contributed by atoms with Gasteiger partial charge >= 0.3 is 0 Å². The summed E-state index contributed by atoms with van der Waals surface area (Å²) in [5.74, 6) is 0.927. The van der Waals surface area contributed by atoms with Crippen LogP contribution in [0.2, 0.25) is 0 Å². The van der Waals surface area contributed by atoms with Crippen LogP contribution in [0.25, 0.3) is 0 Å². The monoisotopic (exact) mass is 156 g/mol. The van der Waals surface area contributed by atoms with Crippen molar-refractivity contribution in [3.05, 3.63) is 0 Å². The molecule has 0 bridgehead atoms. The molecule has 0 radical (unpaired) electrons. The van der Waals surface area contributed by atoms with Gasteiger partial charge in [-0.2, -0.15) is 0 Å². The molecule has 4 N–H and O–H groups in total. The molecule has 0 fully saturated rings. The van der Waals surface area contributed by atoms with Crippen LogP contribution in [-0.2, 0) is 0 Å². The number of nitrogens with one attached hydrogen (secondary N) is 2. The third kappa shape index (κ3) is 3.13. The lowest BCUT2D eigenvalue weighted by Gasteiger charge is -2.16. The summed E-state index contributed by atoms with van der Waals surface area (Å²) in [6.07, 6.45) is 1.02. The van der Waals surface area contributed by atoms with Crippen LogP contribution >= 0.6 is 0 Å². The van der Waals surface area contributed by atoms with Gasteiger partial charge < -0.3 is 11.1 Å². The summed E-state index contributed by atoms with van der Waals surface area (Å²) in [6.45, 7) is 3.89. The lowest BCUT2D eigenvalue weighted by molar-refractivity contribution is 0.600. The molecule has 0 aromatic carbocycles. The van der Waals surface area contributed by atoms with E-state index in [0.29, 0.717) is 0 Å². The van der Waals surface area contributed by atoms with E-state index in [4.69, 9.17) is 11.1 Å². The van der Waals surface area contributed by atoms with Crippen molar-refractivity contribution in [3.8, 4) is 0 Å². The Labute approximate surface area is 67.4 Å². The van der Waals surface area contributed by atoms with Gasteiger partial charge in [-0.25, -0.2) is 4.99 Å². The highest BCUT2D eigenvalue weighted by Crippen LogP contribution is 2.00. The summed E-state index contributed by atoms with van der Waals surface area (Å²) in [5, 5.41) is 9.68. The van der Waals surface area contributed by atoms with E-state index in [0.717, 1.165) is 12.2 Å². The Hall–Kier alpha value is -0.900. The van der Waals surface area contributed by atoms with Crippen molar-refractivity contribution in [2.45, 2.75) is 19.9 Å². The predicted octanol–water partition coefficient (Wildman–Crippen LogP) is 0.195. The fraction of sp³-hybridized carbons (Fsp3) is 0.714. The van der Waals surface area contributed by atoms with Gasteiger partial charge in [-0.1, -0.05) is 6.92 Å². The maximum absolute atomic E-state index is 6.78. The molecule has 0 heterocycles. The highest BCUT2D eigenvalue weighted by Gasteiger charge is 2.12. The minimum Gasteiger partial charge on any atom is -0.376 e. The van der Waals surface area contributed by atoms with E-state index in [-0.39, 0.29) is 12.0 Å². The van der Waals surface area contributed by atoms with Crippen molar-refractivity contribution in [1.29, 1.82) is 5.41 Å². The van der Waals surface area contributed by atoms with E-state index in [1.54, 1.807) is 7.05 Å². The standard InChI is InChI=1S/C7H16N4/c1-5(6(2)9)7(10-3)11-4-8/h4-6H,9H2,1-3H3,(H2,8,10,11)/t5?,6-/m1/s1. The van der Waals surface area contributed by atoms with E-state index in [9.17, 15) is 0 Å². The fourth-order valence-electron chi connectivity index (χ4n) is 0.728. The van der Waals surface area contributed by atoms with E-state index in [1.165, 1.54) is 0 Å². The smallest absolute Gasteiger partial charge is 0.109 e. The minimum absolute atomic E-state index is 0.0566. The topological polar surface area (TPSA) is 74.3 Å². The van der Waals surface area contributed by atoms with Crippen LogP contribution in [-0.4, -0.2) is 25.3 Å². The Kier molecular flexibility index (Phi) is 4.45. The molecular formula is C7H16N4. The van der Waals surface area contributed by atoms with Crippen molar-refractivity contribution in [2.24, 2.45) is 16.6 Å². The Morgan fingerprint density at radius 2 is 2.18 bits per heavy atom. The number of nitrogens with two attached hydrogens (primary N) is 1. The van der Waals surface area contributed by atoms with Crippen LogP contribution in [0.3, 0.4) is 0 Å². The molecule has 0 amide bonds. The number of rotatable bonds is 3. The lowest BCUT2D eigenvalue weighted by Crippen LogP contribution is -2.37. The fourth-order valence-corrected chi connectivity index (χ4v) is 0.728. The molecule has 0 saturated heterocycles. The molecule has 0 aromatic rings. The zero-order chi connectivity index (χ0) is 8.85. The van der Waals surface area contributed by atoms with Crippen molar-refractivity contribution < 1.29 is 0 Å². The highest BCUT2D eigenvalue weighted by atomic mass is 15.0. The quantitative estimate of drug-likeness (QED) is 0.403. The number of hydrogen-bond acceptors (Lipinski definition) is 2. The van der Waals surface area contributed by atoms with E-state index in [1.807, 2.05) is 13.8 Å². The zero-order valence-electron chi connectivity index (χ0n) is 7.26. The second-order valence-electron chi connectivity index (χ2n) is 2.54. The second kappa shape index (κ2) is 4.85. The van der Waals surface area contributed by atoms with Gasteiger partial charge in [-0.15, -0.1) is 0 Å². The molecule has 0 aromatic heterocycles. The first-order valence-electron chi connectivity index (χ1n) is 3.63. The van der Waals surface area contributed by atoms with Crippen molar-refractivity contribution >= 4 is 12.2 Å². The molecule has 11 heavy (non-hydrogen) atoms. The maximum Gasteiger partial charge on any atom is 0.109 e.